The van der Waals surface area contributed by atoms with Crippen LogP contribution in [0.5, 0.6) is 0 Å². The molecule has 1 aliphatic rings. The number of hydrogen-bond donors (Lipinski definition) is 0. The lowest BCUT2D eigenvalue weighted by Crippen LogP contribution is -2.38. The highest BCUT2D eigenvalue weighted by molar-refractivity contribution is 4.86. The minimum atomic E-state index is 0.215. The molecule has 74 valence electrons. The molecule has 0 atom stereocenters. The van der Waals surface area contributed by atoms with E-state index in [1.54, 1.807) is 0 Å². The maximum absolute atomic E-state index is 8.64. The Morgan fingerprint density at radius 2 is 1.69 bits per heavy atom. The maximum Gasteiger partial charge on any atom is 0.314 e. The predicted molar refractivity (Wildman–Crippen MR) is 54.0 cm³/mol. The first-order valence-corrected chi connectivity index (χ1v) is 5.40. The molecule has 1 rings (SSSR count). The monoisotopic (exact) mass is 182 g/mol. The van der Waals surface area contributed by atoms with Crippen molar-refractivity contribution in [2.24, 2.45) is 0 Å². The van der Waals surface area contributed by atoms with E-state index in [0.29, 0.717) is 0 Å². The van der Waals surface area contributed by atoms with Gasteiger partial charge in [-0.3, -0.25) is 0 Å². The van der Waals surface area contributed by atoms with Gasteiger partial charge in [0, 0.05) is 18.9 Å². The molecule has 0 aromatic carbocycles. The Hall–Kier alpha value is -0.620. The Balaban J connectivity index is 2.36. The van der Waals surface area contributed by atoms with Gasteiger partial charge in [-0.1, -0.05) is 13.8 Å². The van der Waals surface area contributed by atoms with Crippen LogP contribution in [0.25, 0.3) is 4.98 Å². The standard InChI is InChI=1S/C10H20N3/c1-3-13(4-2)10-7-5-9(12-11)6-8-10/h9-10H,3-8H2,1-2H3/q+1. The highest BCUT2D eigenvalue weighted by Gasteiger charge is 2.30. The molecule has 0 bridgehead atoms. The molecule has 0 radical (unpaired) electrons. The molecule has 0 heterocycles. The lowest BCUT2D eigenvalue weighted by Gasteiger charge is -2.31. The zero-order valence-electron chi connectivity index (χ0n) is 8.74. The summed E-state index contributed by atoms with van der Waals surface area (Å²) in [5.74, 6) is 0. The molecule has 0 spiro atoms. The molecular weight excluding hydrogens is 162 g/mol. The molecule has 0 unspecified atom stereocenters. The van der Waals surface area contributed by atoms with E-state index in [0.717, 1.165) is 32.0 Å². The lowest BCUT2D eigenvalue weighted by atomic mass is 9.91. The normalized spacial score (nSPS) is 28.8. The Kier molecular flexibility index (Phi) is 4.17. The van der Waals surface area contributed by atoms with Crippen molar-refractivity contribution in [1.29, 1.82) is 5.39 Å². The van der Waals surface area contributed by atoms with Gasteiger partial charge in [0.05, 0.1) is 0 Å². The maximum atomic E-state index is 8.64. The van der Waals surface area contributed by atoms with Crippen molar-refractivity contribution in [1.82, 2.24) is 4.90 Å². The molecule has 0 aliphatic heterocycles. The van der Waals surface area contributed by atoms with Crippen LogP contribution in [-0.2, 0) is 0 Å². The molecule has 0 saturated heterocycles. The molecule has 0 aromatic rings. The molecule has 0 amide bonds. The molecule has 0 aromatic heterocycles. The number of hydrogen-bond acceptors (Lipinski definition) is 2. The SMILES string of the molecule is CCN(CC)C1CCC([N+]#N)CC1. The first kappa shape index (κ1) is 10.5. The second kappa shape index (κ2) is 5.18. The summed E-state index contributed by atoms with van der Waals surface area (Å²) < 4.78 is 0. The van der Waals surface area contributed by atoms with E-state index < -0.39 is 0 Å². The zero-order chi connectivity index (χ0) is 9.68. The van der Waals surface area contributed by atoms with Crippen LogP contribution in [0, 0.1) is 5.39 Å². The third-order valence-corrected chi connectivity index (χ3v) is 3.16. The summed E-state index contributed by atoms with van der Waals surface area (Å²) in [5, 5.41) is 8.64. The average molecular weight is 182 g/mol. The quantitative estimate of drug-likeness (QED) is 0.628. The van der Waals surface area contributed by atoms with Gasteiger partial charge < -0.3 is 4.90 Å². The average Bonchev–Trinajstić information content (AvgIpc) is 2.21. The summed E-state index contributed by atoms with van der Waals surface area (Å²) in [6, 6.07) is 0.944. The number of rotatable bonds is 3. The first-order chi connectivity index (χ1) is 6.31. The second-order valence-electron chi connectivity index (χ2n) is 3.80. The van der Waals surface area contributed by atoms with Gasteiger partial charge in [0.1, 0.15) is 4.98 Å². The van der Waals surface area contributed by atoms with Crippen LogP contribution in [0.3, 0.4) is 0 Å². The summed E-state index contributed by atoms with van der Waals surface area (Å²) in [5.41, 5.74) is 0. The summed E-state index contributed by atoms with van der Waals surface area (Å²) in [7, 11) is 0. The molecule has 1 aliphatic carbocycles. The molecule has 3 heteroatoms. The van der Waals surface area contributed by atoms with E-state index in [9.17, 15) is 0 Å². The van der Waals surface area contributed by atoms with Crippen molar-refractivity contribution in [3.8, 4) is 0 Å². The van der Waals surface area contributed by atoms with Gasteiger partial charge in [-0.15, -0.1) is 0 Å². The van der Waals surface area contributed by atoms with E-state index in [1.807, 2.05) is 0 Å². The van der Waals surface area contributed by atoms with Crippen molar-refractivity contribution >= 4 is 0 Å². The van der Waals surface area contributed by atoms with Crippen molar-refractivity contribution < 1.29 is 0 Å². The Morgan fingerprint density at radius 3 is 2.08 bits per heavy atom. The van der Waals surface area contributed by atoms with Gasteiger partial charge in [0.25, 0.3) is 0 Å². The number of nitrogens with zero attached hydrogens (tertiary/aromatic N) is 3. The smallest absolute Gasteiger partial charge is 0.301 e. The zero-order valence-corrected chi connectivity index (χ0v) is 8.74. The van der Waals surface area contributed by atoms with Crippen LogP contribution in [0.1, 0.15) is 39.5 Å². The van der Waals surface area contributed by atoms with Crippen LogP contribution in [0.4, 0.5) is 0 Å². The van der Waals surface area contributed by atoms with Crippen LogP contribution < -0.4 is 0 Å². The van der Waals surface area contributed by atoms with Crippen molar-refractivity contribution in [3.63, 3.8) is 0 Å². The van der Waals surface area contributed by atoms with Crippen LogP contribution in [0.15, 0.2) is 0 Å². The molecule has 13 heavy (non-hydrogen) atoms. The molecule has 1 fully saturated rings. The van der Waals surface area contributed by atoms with E-state index in [2.05, 4.69) is 23.7 Å². The van der Waals surface area contributed by atoms with Crippen LogP contribution >= 0.6 is 0 Å². The second-order valence-corrected chi connectivity index (χ2v) is 3.80. The van der Waals surface area contributed by atoms with Crippen molar-refractivity contribution in [2.75, 3.05) is 13.1 Å². The van der Waals surface area contributed by atoms with Crippen molar-refractivity contribution in [3.05, 3.63) is 4.98 Å². The number of diazo groups is 1. The van der Waals surface area contributed by atoms with Gasteiger partial charge >= 0.3 is 6.04 Å². The summed E-state index contributed by atoms with van der Waals surface area (Å²) in [6.45, 7) is 6.71. The Bertz CT molecular complexity index is 173. The predicted octanol–water partition coefficient (Wildman–Crippen LogP) is 2.49. The molecule has 0 N–H and O–H groups in total. The van der Waals surface area contributed by atoms with Crippen LogP contribution in [-0.4, -0.2) is 30.1 Å². The molecule has 1 saturated carbocycles. The van der Waals surface area contributed by atoms with Gasteiger partial charge in [-0.2, -0.15) is 0 Å². The fourth-order valence-corrected chi connectivity index (χ4v) is 2.28. The first-order valence-electron chi connectivity index (χ1n) is 5.40. The van der Waals surface area contributed by atoms with Gasteiger partial charge in [0.2, 0.25) is 5.39 Å². The topological polar surface area (TPSA) is 31.4 Å². The molecule has 3 nitrogen and oxygen atoms in total. The fraction of sp³-hybridized carbons (Fsp3) is 1.00. The minimum Gasteiger partial charge on any atom is -0.301 e. The summed E-state index contributed by atoms with van der Waals surface area (Å²) in [6.07, 6.45) is 4.49. The Morgan fingerprint density at radius 1 is 1.15 bits per heavy atom. The summed E-state index contributed by atoms with van der Waals surface area (Å²) in [4.78, 5) is 5.88. The van der Waals surface area contributed by atoms with Crippen molar-refractivity contribution in [2.45, 2.75) is 51.6 Å². The molecular formula is C10H20N3+. The lowest BCUT2D eigenvalue weighted by molar-refractivity contribution is 0.169. The van der Waals surface area contributed by atoms with Gasteiger partial charge in [0.15, 0.2) is 0 Å². The summed E-state index contributed by atoms with van der Waals surface area (Å²) >= 11 is 0. The third-order valence-electron chi connectivity index (χ3n) is 3.16. The van der Waals surface area contributed by atoms with Gasteiger partial charge in [-0.05, 0) is 25.9 Å². The Labute approximate surface area is 80.7 Å². The minimum absolute atomic E-state index is 0.215. The largest absolute Gasteiger partial charge is 0.314 e. The van der Waals surface area contributed by atoms with Gasteiger partial charge in [-0.25, -0.2) is 0 Å². The highest BCUT2D eigenvalue weighted by Crippen LogP contribution is 2.24. The van der Waals surface area contributed by atoms with Crippen LogP contribution in [0.2, 0.25) is 0 Å². The fourth-order valence-electron chi connectivity index (χ4n) is 2.28. The van der Waals surface area contributed by atoms with E-state index in [4.69, 9.17) is 5.39 Å². The van der Waals surface area contributed by atoms with E-state index in [1.165, 1.54) is 12.8 Å². The third kappa shape index (κ3) is 2.67. The highest BCUT2D eigenvalue weighted by atomic mass is 15.1. The van der Waals surface area contributed by atoms with E-state index in [-0.39, 0.29) is 6.04 Å². The van der Waals surface area contributed by atoms with E-state index >= 15 is 0 Å².